The lowest BCUT2D eigenvalue weighted by Gasteiger charge is -2.05. The third-order valence-corrected chi connectivity index (χ3v) is 3.09. The van der Waals surface area contributed by atoms with Crippen LogP contribution < -0.4 is 0 Å². The summed E-state index contributed by atoms with van der Waals surface area (Å²) >= 11 is 0. The van der Waals surface area contributed by atoms with Crippen LogP contribution in [-0.4, -0.2) is 0 Å². The molecule has 20 heavy (non-hydrogen) atoms. The summed E-state index contributed by atoms with van der Waals surface area (Å²) in [6.45, 7) is 17.4. The second-order valence-electron chi connectivity index (χ2n) is 5.37. The highest BCUT2D eigenvalue weighted by Gasteiger charge is 1.95. The van der Waals surface area contributed by atoms with Crippen LogP contribution in [0.4, 0.5) is 0 Å². The summed E-state index contributed by atoms with van der Waals surface area (Å²) in [4.78, 5) is 0. The maximum absolute atomic E-state index is 3.72. The zero-order valence-electron chi connectivity index (χ0n) is 14.2. The summed E-state index contributed by atoms with van der Waals surface area (Å²) in [6.07, 6.45) is 18.4. The number of hydrogen-bond acceptors (Lipinski definition) is 0. The minimum absolute atomic E-state index is 1.02. The highest BCUT2D eigenvalue weighted by Crippen LogP contribution is 2.15. The van der Waals surface area contributed by atoms with Gasteiger partial charge in [-0.15, -0.1) is 0 Å². The van der Waals surface area contributed by atoms with Gasteiger partial charge in [0.25, 0.3) is 0 Å². The fourth-order valence-corrected chi connectivity index (χ4v) is 1.41. The average Bonchev–Trinajstić information content (AvgIpc) is 2.35. The summed E-state index contributed by atoms with van der Waals surface area (Å²) in [6, 6.07) is 0. The molecule has 0 heteroatoms. The average molecular weight is 277 g/mol. The Morgan fingerprint density at radius 2 is 1.25 bits per heavy atom. The summed E-state index contributed by atoms with van der Waals surface area (Å²) < 4.78 is 0. The van der Waals surface area contributed by atoms with Crippen molar-refractivity contribution in [3.63, 3.8) is 0 Å². The molecule has 1 fully saturated rings. The van der Waals surface area contributed by atoms with Crippen LogP contribution in [0.3, 0.4) is 0 Å². The molecule has 0 aromatic heterocycles. The third kappa shape index (κ3) is 19.3. The molecule has 1 rings (SSSR count). The van der Waals surface area contributed by atoms with Gasteiger partial charge in [0.2, 0.25) is 0 Å². The molecule has 1 aliphatic carbocycles. The van der Waals surface area contributed by atoms with Gasteiger partial charge < -0.3 is 0 Å². The first-order chi connectivity index (χ1) is 9.62. The molecule has 0 N–H and O–H groups in total. The first kappa shape index (κ1) is 21.3. The number of rotatable bonds is 7. The molecule has 0 amide bonds. The number of allylic oxidation sites excluding steroid dienone is 5. The monoisotopic (exact) mass is 276 g/mol. The van der Waals surface area contributed by atoms with Crippen molar-refractivity contribution in [1.82, 2.24) is 0 Å². The molecular formula is C20H36. The molecule has 0 unspecified atom stereocenters. The second kappa shape index (κ2) is 18.0. The zero-order chi connectivity index (χ0) is 15.6. The summed E-state index contributed by atoms with van der Waals surface area (Å²) in [5.41, 5.74) is 2.03. The van der Waals surface area contributed by atoms with E-state index >= 15 is 0 Å². The van der Waals surface area contributed by atoms with Crippen molar-refractivity contribution in [2.24, 2.45) is 0 Å². The first-order valence-corrected chi connectivity index (χ1v) is 8.24. The first-order valence-electron chi connectivity index (χ1n) is 8.24. The van der Waals surface area contributed by atoms with E-state index < -0.39 is 0 Å². The van der Waals surface area contributed by atoms with Crippen molar-refractivity contribution in [3.8, 4) is 0 Å². The van der Waals surface area contributed by atoms with Crippen LogP contribution in [0.25, 0.3) is 0 Å². The van der Waals surface area contributed by atoms with Gasteiger partial charge in [-0.05, 0) is 12.5 Å². The van der Waals surface area contributed by atoms with Crippen LogP contribution >= 0.6 is 0 Å². The van der Waals surface area contributed by atoms with E-state index in [9.17, 15) is 0 Å². The van der Waals surface area contributed by atoms with Gasteiger partial charge in [-0.25, -0.2) is 0 Å². The van der Waals surface area contributed by atoms with Crippen molar-refractivity contribution < 1.29 is 0 Å². The van der Waals surface area contributed by atoms with E-state index in [1.54, 1.807) is 12.2 Å². The van der Waals surface area contributed by atoms with Gasteiger partial charge >= 0.3 is 0 Å². The van der Waals surface area contributed by atoms with E-state index in [-0.39, 0.29) is 0 Å². The van der Waals surface area contributed by atoms with Gasteiger partial charge in [0.15, 0.2) is 0 Å². The zero-order valence-corrected chi connectivity index (χ0v) is 14.2. The van der Waals surface area contributed by atoms with Crippen LogP contribution in [-0.2, 0) is 0 Å². The lowest BCUT2D eigenvalue weighted by atomic mass is 10.0. The van der Waals surface area contributed by atoms with Crippen molar-refractivity contribution in [3.05, 3.63) is 49.1 Å². The Labute approximate surface area is 128 Å². The van der Waals surface area contributed by atoms with Crippen LogP contribution in [0, 0.1) is 0 Å². The maximum atomic E-state index is 3.72. The highest BCUT2D eigenvalue weighted by molar-refractivity contribution is 5.33. The SMILES string of the molecule is C1CCC1.C=CC(C=C)=CC(=C)C.CCCCCCC. The van der Waals surface area contributed by atoms with Crippen LogP contribution in [0.1, 0.15) is 78.6 Å². The largest absolute Gasteiger partial charge is 0.0985 e. The molecule has 1 aliphatic rings. The van der Waals surface area contributed by atoms with Gasteiger partial charge in [-0.3, -0.25) is 0 Å². The minimum Gasteiger partial charge on any atom is -0.0985 e. The van der Waals surface area contributed by atoms with E-state index in [2.05, 4.69) is 33.6 Å². The Hall–Kier alpha value is -1.04. The van der Waals surface area contributed by atoms with Gasteiger partial charge in [0.05, 0.1) is 0 Å². The highest BCUT2D eigenvalue weighted by atomic mass is 14.0. The fourth-order valence-electron chi connectivity index (χ4n) is 1.41. The molecule has 0 nitrogen and oxygen atoms in total. The van der Waals surface area contributed by atoms with Crippen molar-refractivity contribution in [2.75, 3.05) is 0 Å². The van der Waals surface area contributed by atoms with E-state index in [1.807, 2.05) is 13.0 Å². The van der Waals surface area contributed by atoms with E-state index in [0.29, 0.717) is 0 Å². The fraction of sp³-hybridized carbons (Fsp3) is 0.600. The smallest absolute Gasteiger partial charge is 0.0266 e. The van der Waals surface area contributed by atoms with E-state index in [4.69, 9.17) is 0 Å². The summed E-state index contributed by atoms with van der Waals surface area (Å²) in [5, 5.41) is 0. The predicted molar refractivity (Wildman–Crippen MR) is 96.2 cm³/mol. The molecule has 0 atom stereocenters. The van der Waals surface area contributed by atoms with Crippen molar-refractivity contribution in [2.45, 2.75) is 78.6 Å². The number of hydrogen-bond donors (Lipinski definition) is 0. The molecule has 116 valence electrons. The molecule has 1 saturated carbocycles. The Morgan fingerprint density at radius 1 is 0.850 bits per heavy atom. The molecule has 0 saturated heterocycles. The summed E-state index contributed by atoms with van der Waals surface area (Å²) in [5.74, 6) is 0. The Bertz CT molecular complexity index is 246. The molecular weight excluding hydrogens is 240 g/mol. The lowest BCUT2D eigenvalue weighted by molar-refractivity contribution is 0.504. The molecule has 0 radical (unpaired) electrons. The quantitative estimate of drug-likeness (QED) is 0.336. The van der Waals surface area contributed by atoms with Gasteiger partial charge in [-0.2, -0.15) is 0 Å². The molecule has 0 spiro atoms. The Morgan fingerprint density at radius 3 is 1.40 bits per heavy atom. The third-order valence-electron chi connectivity index (χ3n) is 3.09. The van der Waals surface area contributed by atoms with Crippen LogP contribution in [0.5, 0.6) is 0 Å². The van der Waals surface area contributed by atoms with Gasteiger partial charge in [0.1, 0.15) is 0 Å². The standard InChI is InChI=1S/C9H12.C7H16.C4H8/c1-5-9(6-2)7-8(3)4;1-3-5-7-6-4-2;1-2-4-3-1/h5-7H,1-3H2,4H3;3-7H2,1-2H3;1-4H2. The lowest BCUT2D eigenvalue weighted by Crippen LogP contribution is -1.85. The maximum Gasteiger partial charge on any atom is -0.0266 e. The Kier molecular flexibility index (Phi) is 19.1. The van der Waals surface area contributed by atoms with Crippen molar-refractivity contribution >= 4 is 0 Å². The molecule has 0 heterocycles. The summed E-state index contributed by atoms with van der Waals surface area (Å²) in [7, 11) is 0. The number of unbranched alkanes of at least 4 members (excludes halogenated alkanes) is 4. The van der Waals surface area contributed by atoms with E-state index in [0.717, 1.165) is 11.1 Å². The predicted octanol–water partition coefficient (Wildman–Crippen LogP) is 7.40. The van der Waals surface area contributed by atoms with Crippen LogP contribution in [0.15, 0.2) is 49.1 Å². The Balaban J connectivity index is 0. The molecule has 0 aromatic rings. The van der Waals surface area contributed by atoms with E-state index in [1.165, 1.54) is 57.8 Å². The van der Waals surface area contributed by atoms with Gasteiger partial charge in [0, 0.05) is 0 Å². The molecule has 0 aliphatic heterocycles. The molecule has 0 bridgehead atoms. The second-order valence-corrected chi connectivity index (χ2v) is 5.37. The minimum atomic E-state index is 1.02. The van der Waals surface area contributed by atoms with Gasteiger partial charge in [-0.1, -0.05) is 115 Å². The van der Waals surface area contributed by atoms with Crippen molar-refractivity contribution in [1.29, 1.82) is 0 Å². The van der Waals surface area contributed by atoms with Crippen LogP contribution in [0.2, 0.25) is 0 Å². The topological polar surface area (TPSA) is 0 Å². The molecule has 0 aromatic carbocycles. The normalized spacial score (nSPS) is 11.6.